The van der Waals surface area contributed by atoms with Gasteiger partial charge in [-0.3, -0.25) is 0 Å². The molecule has 41 heavy (non-hydrogen) atoms. The summed E-state index contributed by atoms with van der Waals surface area (Å²) in [5.74, 6) is 1.45. The molecule has 4 rings (SSSR count). The molecule has 0 spiro atoms. The van der Waals surface area contributed by atoms with Crippen LogP contribution in [0.5, 0.6) is 11.5 Å². The van der Waals surface area contributed by atoms with Crippen LogP contribution in [-0.4, -0.2) is 93.2 Å². The fourth-order valence-electron chi connectivity index (χ4n) is 4.62. The molecule has 0 aromatic heterocycles. The first-order chi connectivity index (χ1) is 19.4. The van der Waals surface area contributed by atoms with Gasteiger partial charge in [0.2, 0.25) is 0 Å². The van der Waals surface area contributed by atoms with E-state index in [9.17, 15) is 9.59 Å². The van der Waals surface area contributed by atoms with E-state index in [4.69, 9.17) is 18.8 Å². The fourth-order valence-corrected chi connectivity index (χ4v) is 4.62. The normalized spacial score (nSPS) is 16.2. The third-order valence-corrected chi connectivity index (χ3v) is 6.72. The average molecular weight is 567 g/mol. The summed E-state index contributed by atoms with van der Waals surface area (Å²) in [5.41, 5.74) is 1.20. The Bertz CT molecular complexity index is 1060. The zero-order chi connectivity index (χ0) is 29.6. The molecule has 0 atom stereocenters. The Kier molecular flexibility index (Phi) is 9.45. The second-order valence-electron chi connectivity index (χ2n) is 12.3. The Morgan fingerprint density at radius 3 is 1.17 bits per heavy atom. The van der Waals surface area contributed by atoms with Crippen LogP contribution >= 0.6 is 0 Å². The molecule has 2 aromatic carbocycles. The SMILES string of the molecule is CC(C)(C)OC(=O)N1CCN(c2ccc(OBOc3ccc(N4CCN(C(=O)OC(C)(C)C)CC4)cc3)cc2)CC1. The van der Waals surface area contributed by atoms with Crippen molar-refractivity contribution in [2.24, 2.45) is 0 Å². The lowest BCUT2D eigenvalue weighted by atomic mass is 10.2. The van der Waals surface area contributed by atoms with Gasteiger partial charge in [0, 0.05) is 63.7 Å². The number of hydrogen-bond acceptors (Lipinski definition) is 8. The second kappa shape index (κ2) is 12.8. The molecule has 0 saturated carbocycles. The summed E-state index contributed by atoms with van der Waals surface area (Å²) in [6, 6.07) is 15.8. The number of ether oxygens (including phenoxy) is 2. The second-order valence-corrected chi connectivity index (χ2v) is 12.3. The molecule has 0 radical (unpaired) electrons. The lowest BCUT2D eigenvalue weighted by Gasteiger charge is -2.36. The van der Waals surface area contributed by atoms with Crippen LogP contribution in [0.3, 0.4) is 0 Å². The molecule has 2 heterocycles. The zero-order valence-electron chi connectivity index (χ0n) is 25.2. The fraction of sp³-hybridized carbons (Fsp3) is 0.533. The molecular weight excluding hydrogens is 523 g/mol. The standard InChI is InChI=1S/C30H43BN4O6/c1-29(2,3)38-27(36)34-19-15-32(16-20-34)23-7-11-25(12-8-23)40-31-41-26-13-9-24(10-14-26)33-17-21-35(22-18-33)28(37)39-30(4,5)6/h7-14,31H,15-22H2,1-6H3. The molecule has 2 fully saturated rings. The van der Waals surface area contributed by atoms with Crippen molar-refractivity contribution < 1.29 is 28.4 Å². The maximum absolute atomic E-state index is 12.3. The summed E-state index contributed by atoms with van der Waals surface area (Å²) in [6.07, 6.45) is -0.512. The predicted molar refractivity (Wildman–Crippen MR) is 161 cm³/mol. The first kappa shape index (κ1) is 30.2. The summed E-state index contributed by atoms with van der Waals surface area (Å²) in [5, 5.41) is 0. The van der Waals surface area contributed by atoms with Gasteiger partial charge in [0.1, 0.15) is 22.7 Å². The van der Waals surface area contributed by atoms with Crippen LogP contribution in [0.1, 0.15) is 41.5 Å². The van der Waals surface area contributed by atoms with Crippen molar-refractivity contribution in [2.75, 3.05) is 62.2 Å². The first-order valence-electron chi connectivity index (χ1n) is 14.3. The molecule has 2 amide bonds. The molecule has 10 nitrogen and oxygen atoms in total. The highest BCUT2D eigenvalue weighted by Gasteiger charge is 2.27. The number of hydrogen-bond donors (Lipinski definition) is 0. The van der Waals surface area contributed by atoms with Crippen molar-refractivity contribution in [1.82, 2.24) is 9.80 Å². The minimum atomic E-state index is -0.487. The maximum Gasteiger partial charge on any atom is 0.576 e. The Morgan fingerprint density at radius 2 is 0.878 bits per heavy atom. The van der Waals surface area contributed by atoms with E-state index in [0.29, 0.717) is 26.2 Å². The van der Waals surface area contributed by atoms with Crippen molar-refractivity contribution in [3.05, 3.63) is 48.5 Å². The molecule has 2 aliphatic heterocycles. The minimum absolute atomic E-state index is 0.0990. The van der Waals surface area contributed by atoms with Crippen molar-refractivity contribution in [3.8, 4) is 11.5 Å². The summed E-state index contributed by atoms with van der Waals surface area (Å²) < 4.78 is 22.5. The predicted octanol–water partition coefficient (Wildman–Crippen LogP) is 4.53. The number of nitrogens with zero attached hydrogens (tertiary/aromatic N) is 4. The van der Waals surface area contributed by atoms with Gasteiger partial charge in [-0.2, -0.15) is 0 Å². The van der Waals surface area contributed by atoms with Gasteiger partial charge in [0.25, 0.3) is 0 Å². The monoisotopic (exact) mass is 566 g/mol. The molecule has 2 aliphatic rings. The summed E-state index contributed by atoms with van der Waals surface area (Å²) >= 11 is 0. The average Bonchev–Trinajstić information content (AvgIpc) is 2.92. The third-order valence-electron chi connectivity index (χ3n) is 6.72. The van der Waals surface area contributed by atoms with E-state index in [2.05, 4.69) is 9.80 Å². The molecule has 0 aliphatic carbocycles. The van der Waals surface area contributed by atoms with E-state index in [-0.39, 0.29) is 19.9 Å². The van der Waals surface area contributed by atoms with Gasteiger partial charge in [-0.1, -0.05) is 0 Å². The van der Waals surface area contributed by atoms with Gasteiger partial charge >= 0.3 is 19.9 Å². The molecule has 0 bridgehead atoms. The molecule has 0 N–H and O–H groups in total. The lowest BCUT2D eigenvalue weighted by molar-refractivity contribution is 0.0230. The van der Waals surface area contributed by atoms with Crippen LogP contribution in [-0.2, 0) is 9.47 Å². The number of benzene rings is 2. The largest absolute Gasteiger partial charge is 0.576 e. The van der Waals surface area contributed by atoms with Gasteiger partial charge in [-0.15, -0.1) is 0 Å². The first-order valence-corrected chi connectivity index (χ1v) is 14.3. The summed E-state index contributed by atoms with van der Waals surface area (Å²) in [4.78, 5) is 32.6. The van der Waals surface area contributed by atoms with Crippen LogP contribution in [0.15, 0.2) is 48.5 Å². The van der Waals surface area contributed by atoms with Crippen LogP contribution in [0.2, 0.25) is 0 Å². The number of rotatable bonds is 6. The third kappa shape index (κ3) is 9.13. The molecule has 11 heteroatoms. The topological polar surface area (TPSA) is 84.0 Å². The van der Waals surface area contributed by atoms with Gasteiger partial charge in [0.05, 0.1) is 0 Å². The lowest BCUT2D eigenvalue weighted by Crippen LogP contribution is -2.50. The van der Waals surface area contributed by atoms with Crippen LogP contribution in [0, 0.1) is 0 Å². The van der Waals surface area contributed by atoms with E-state index in [1.807, 2.05) is 90.1 Å². The highest BCUT2D eigenvalue weighted by molar-refractivity contribution is 6.20. The number of piperazine rings is 2. The van der Waals surface area contributed by atoms with E-state index >= 15 is 0 Å². The Morgan fingerprint density at radius 1 is 0.561 bits per heavy atom. The Labute approximate surface area is 244 Å². The Hall–Kier alpha value is -3.76. The van der Waals surface area contributed by atoms with Crippen molar-refractivity contribution >= 4 is 31.2 Å². The number of amides is 2. The smallest absolute Gasteiger partial charge is 0.529 e. The molecular formula is C30H43BN4O6. The highest BCUT2D eigenvalue weighted by Crippen LogP contribution is 2.23. The number of carbonyl (C=O) groups excluding carboxylic acids is 2. The molecule has 2 aromatic rings. The van der Waals surface area contributed by atoms with Crippen LogP contribution < -0.4 is 19.1 Å². The van der Waals surface area contributed by atoms with Crippen molar-refractivity contribution in [3.63, 3.8) is 0 Å². The quantitative estimate of drug-likeness (QED) is 0.472. The van der Waals surface area contributed by atoms with E-state index in [0.717, 1.165) is 49.1 Å². The van der Waals surface area contributed by atoms with E-state index < -0.39 is 11.2 Å². The van der Waals surface area contributed by atoms with Gasteiger partial charge < -0.3 is 38.4 Å². The highest BCUT2D eigenvalue weighted by atomic mass is 16.6. The van der Waals surface area contributed by atoms with Crippen LogP contribution in [0.25, 0.3) is 0 Å². The van der Waals surface area contributed by atoms with Gasteiger partial charge in [0.15, 0.2) is 0 Å². The number of carbonyl (C=O) groups is 2. The zero-order valence-corrected chi connectivity index (χ0v) is 25.2. The number of anilines is 2. The van der Waals surface area contributed by atoms with Crippen molar-refractivity contribution in [1.29, 1.82) is 0 Å². The molecule has 0 unspecified atom stereocenters. The van der Waals surface area contributed by atoms with Gasteiger partial charge in [-0.25, -0.2) is 9.59 Å². The van der Waals surface area contributed by atoms with Gasteiger partial charge in [-0.05, 0) is 90.1 Å². The molecule has 222 valence electrons. The molecule has 2 saturated heterocycles. The van der Waals surface area contributed by atoms with E-state index in [1.54, 1.807) is 9.80 Å². The Balaban J connectivity index is 1.17. The summed E-state index contributed by atoms with van der Waals surface area (Å²) in [7, 11) is 0.0990. The van der Waals surface area contributed by atoms with Crippen LogP contribution in [0.4, 0.5) is 21.0 Å². The van der Waals surface area contributed by atoms with E-state index in [1.165, 1.54) is 0 Å². The maximum atomic E-state index is 12.3. The van der Waals surface area contributed by atoms with Crippen molar-refractivity contribution in [2.45, 2.75) is 52.7 Å². The minimum Gasteiger partial charge on any atom is -0.529 e. The summed E-state index contributed by atoms with van der Waals surface area (Å²) in [6.45, 7) is 16.8.